The second-order valence-electron chi connectivity index (χ2n) is 6.82. The van der Waals surface area contributed by atoms with E-state index < -0.39 is 4.92 Å². The van der Waals surface area contributed by atoms with E-state index in [4.69, 9.17) is 0 Å². The maximum absolute atomic E-state index is 12.2. The number of nitrogens with one attached hydrogen (secondary N) is 2. The molecule has 144 valence electrons. The molecule has 1 saturated carbocycles. The van der Waals surface area contributed by atoms with Crippen molar-refractivity contribution in [2.75, 3.05) is 13.1 Å². The number of carbonyl (C=O) groups excluding carboxylic acids is 1. The van der Waals surface area contributed by atoms with Gasteiger partial charge in [0.1, 0.15) is 0 Å². The number of rotatable bonds is 7. The minimum absolute atomic E-state index is 0.0186. The van der Waals surface area contributed by atoms with Crippen LogP contribution < -0.4 is 10.6 Å². The molecule has 1 aromatic heterocycles. The van der Waals surface area contributed by atoms with Crippen molar-refractivity contribution in [1.29, 1.82) is 0 Å². The molecule has 2 N–H and O–H groups in total. The standard InChI is InChI=1S/C19H25N5O3/c25-19(21-13-12-20-15-5-3-1-2-4-6-15)18-11-14-23(22-18)16-7-9-17(10-8-16)24(26)27/h7-11,14-15,20H,1-6,12-13H2,(H,21,25). The van der Waals surface area contributed by atoms with Crippen LogP contribution in [0.4, 0.5) is 5.69 Å². The first-order chi connectivity index (χ1) is 13.1. The molecule has 1 aliphatic carbocycles. The van der Waals surface area contributed by atoms with Crippen LogP contribution in [0.2, 0.25) is 0 Å². The lowest BCUT2D eigenvalue weighted by Crippen LogP contribution is -2.37. The van der Waals surface area contributed by atoms with Crippen molar-refractivity contribution in [3.8, 4) is 5.69 Å². The van der Waals surface area contributed by atoms with Crippen molar-refractivity contribution in [2.24, 2.45) is 0 Å². The minimum atomic E-state index is -0.450. The number of hydrogen-bond donors (Lipinski definition) is 2. The molecule has 1 aromatic carbocycles. The second kappa shape index (κ2) is 9.27. The lowest BCUT2D eigenvalue weighted by molar-refractivity contribution is -0.384. The number of carbonyl (C=O) groups is 1. The van der Waals surface area contributed by atoms with Crippen LogP contribution in [0.1, 0.15) is 49.0 Å². The van der Waals surface area contributed by atoms with Crippen LogP contribution in [-0.2, 0) is 0 Å². The summed E-state index contributed by atoms with van der Waals surface area (Å²) in [5.74, 6) is -0.224. The van der Waals surface area contributed by atoms with Crippen LogP contribution in [0.3, 0.4) is 0 Å². The van der Waals surface area contributed by atoms with E-state index in [2.05, 4.69) is 15.7 Å². The van der Waals surface area contributed by atoms with Crippen LogP contribution in [0.15, 0.2) is 36.5 Å². The summed E-state index contributed by atoms with van der Waals surface area (Å²) in [6, 6.07) is 8.22. The summed E-state index contributed by atoms with van der Waals surface area (Å²) < 4.78 is 1.53. The van der Waals surface area contributed by atoms with E-state index in [-0.39, 0.29) is 11.6 Å². The van der Waals surface area contributed by atoms with Gasteiger partial charge in [0.25, 0.3) is 11.6 Å². The van der Waals surface area contributed by atoms with Crippen LogP contribution in [0.5, 0.6) is 0 Å². The maximum atomic E-state index is 12.2. The average Bonchev–Trinajstić information content (AvgIpc) is 3.03. The Labute approximate surface area is 158 Å². The van der Waals surface area contributed by atoms with Crippen molar-refractivity contribution in [2.45, 2.75) is 44.6 Å². The Balaban J connectivity index is 1.47. The SMILES string of the molecule is O=C(NCCNC1CCCCCC1)c1ccn(-c2ccc([N+](=O)[O-])cc2)n1. The molecule has 8 nitrogen and oxygen atoms in total. The molecule has 0 unspecified atom stereocenters. The average molecular weight is 371 g/mol. The molecule has 8 heteroatoms. The molecule has 0 radical (unpaired) electrons. The van der Waals surface area contributed by atoms with Gasteiger partial charge in [-0.3, -0.25) is 14.9 Å². The fraction of sp³-hybridized carbons (Fsp3) is 0.474. The maximum Gasteiger partial charge on any atom is 0.271 e. The zero-order valence-corrected chi connectivity index (χ0v) is 15.3. The number of nitrogens with zero attached hydrogens (tertiary/aromatic N) is 3. The molecule has 2 aromatic rings. The third-order valence-electron chi connectivity index (χ3n) is 4.85. The molecule has 3 rings (SSSR count). The fourth-order valence-corrected chi connectivity index (χ4v) is 3.34. The Morgan fingerprint density at radius 1 is 1.11 bits per heavy atom. The number of hydrogen-bond acceptors (Lipinski definition) is 5. The van der Waals surface area contributed by atoms with Crippen molar-refractivity contribution < 1.29 is 9.72 Å². The minimum Gasteiger partial charge on any atom is -0.349 e. The van der Waals surface area contributed by atoms with Crippen molar-refractivity contribution in [3.63, 3.8) is 0 Å². The van der Waals surface area contributed by atoms with E-state index in [1.807, 2.05) is 0 Å². The highest BCUT2D eigenvalue weighted by atomic mass is 16.6. The van der Waals surface area contributed by atoms with Crippen LogP contribution >= 0.6 is 0 Å². The fourth-order valence-electron chi connectivity index (χ4n) is 3.34. The second-order valence-corrected chi connectivity index (χ2v) is 6.82. The van der Waals surface area contributed by atoms with Crippen LogP contribution in [-0.4, -0.2) is 39.7 Å². The van der Waals surface area contributed by atoms with E-state index in [9.17, 15) is 14.9 Å². The van der Waals surface area contributed by atoms with E-state index in [1.165, 1.54) is 55.3 Å². The summed E-state index contributed by atoms with van der Waals surface area (Å²) in [4.78, 5) is 22.5. The normalized spacial score (nSPS) is 15.3. The summed E-state index contributed by atoms with van der Waals surface area (Å²) in [7, 11) is 0. The lowest BCUT2D eigenvalue weighted by atomic mass is 10.1. The summed E-state index contributed by atoms with van der Waals surface area (Å²) in [5, 5.41) is 21.4. The molecule has 1 amide bonds. The van der Waals surface area contributed by atoms with Crippen molar-refractivity contribution in [3.05, 3.63) is 52.3 Å². The molecule has 1 heterocycles. The van der Waals surface area contributed by atoms with Crippen LogP contribution in [0.25, 0.3) is 5.69 Å². The zero-order valence-electron chi connectivity index (χ0n) is 15.3. The number of nitro benzene ring substituents is 1. The Hall–Kier alpha value is -2.74. The summed E-state index contributed by atoms with van der Waals surface area (Å²) in [5.41, 5.74) is 1.00. The number of aromatic nitrogens is 2. The van der Waals surface area contributed by atoms with Crippen molar-refractivity contribution in [1.82, 2.24) is 20.4 Å². The molecular weight excluding hydrogens is 346 g/mol. The lowest BCUT2D eigenvalue weighted by Gasteiger charge is -2.16. The van der Waals surface area contributed by atoms with E-state index in [0.717, 1.165) is 6.54 Å². The van der Waals surface area contributed by atoms with Gasteiger partial charge in [0.05, 0.1) is 10.6 Å². The van der Waals surface area contributed by atoms with Gasteiger partial charge in [0.15, 0.2) is 5.69 Å². The topological polar surface area (TPSA) is 102 Å². The van der Waals surface area contributed by atoms with E-state index in [1.54, 1.807) is 24.4 Å². The highest BCUT2D eigenvalue weighted by Crippen LogP contribution is 2.17. The molecular formula is C19H25N5O3. The van der Waals surface area contributed by atoms with Crippen molar-refractivity contribution >= 4 is 11.6 Å². The summed E-state index contributed by atoms with van der Waals surface area (Å²) in [6.45, 7) is 1.30. The Bertz CT molecular complexity index is 764. The third kappa shape index (κ3) is 5.37. The Kier molecular flexibility index (Phi) is 6.54. The van der Waals surface area contributed by atoms with Gasteiger partial charge in [-0.2, -0.15) is 5.10 Å². The highest BCUT2D eigenvalue weighted by Gasteiger charge is 2.13. The third-order valence-corrected chi connectivity index (χ3v) is 4.85. The Morgan fingerprint density at radius 2 is 1.81 bits per heavy atom. The van der Waals surface area contributed by atoms with Gasteiger partial charge in [-0.15, -0.1) is 0 Å². The summed E-state index contributed by atoms with van der Waals surface area (Å²) in [6.07, 6.45) is 9.31. The quantitative estimate of drug-likeness (QED) is 0.337. The molecule has 0 atom stereocenters. The van der Waals surface area contributed by atoms with Crippen LogP contribution in [0, 0.1) is 10.1 Å². The van der Waals surface area contributed by atoms with E-state index in [0.29, 0.717) is 24.0 Å². The van der Waals surface area contributed by atoms with Gasteiger partial charge in [0, 0.05) is 37.5 Å². The summed E-state index contributed by atoms with van der Waals surface area (Å²) >= 11 is 0. The molecule has 0 spiro atoms. The first-order valence-electron chi connectivity index (χ1n) is 9.45. The van der Waals surface area contributed by atoms with Gasteiger partial charge in [-0.05, 0) is 31.0 Å². The van der Waals surface area contributed by atoms with Gasteiger partial charge in [-0.1, -0.05) is 25.7 Å². The molecule has 27 heavy (non-hydrogen) atoms. The van der Waals surface area contributed by atoms with E-state index >= 15 is 0 Å². The predicted molar refractivity (Wildman–Crippen MR) is 102 cm³/mol. The number of amides is 1. The molecule has 0 aliphatic heterocycles. The largest absolute Gasteiger partial charge is 0.349 e. The zero-order chi connectivity index (χ0) is 19.1. The molecule has 1 aliphatic rings. The molecule has 0 bridgehead atoms. The smallest absolute Gasteiger partial charge is 0.271 e. The van der Waals surface area contributed by atoms with Gasteiger partial charge in [0.2, 0.25) is 0 Å². The number of benzene rings is 1. The van der Waals surface area contributed by atoms with Gasteiger partial charge >= 0.3 is 0 Å². The number of nitro groups is 1. The number of non-ortho nitro benzene ring substituents is 1. The monoisotopic (exact) mass is 371 g/mol. The first kappa shape index (κ1) is 19.0. The first-order valence-corrected chi connectivity index (χ1v) is 9.45. The highest BCUT2D eigenvalue weighted by molar-refractivity contribution is 5.92. The van der Waals surface area contributed by atoms with Gasteiger partial charge < -0.3 is 10.6 Å². The molecule has 0 saturated heterocycles. The van der Waals surface area contributed by atoms with Gasteiger partial charge in [-0.25, -0.2) is 4.68 Å². The molecule has 1 fully saturated rings. The Morgan fingerprint density at radius 3 is 2.48 bits per heavy atom. The predicted octanol–water partition coefficient (Wildman–Crippen LogP) is 2.82.